The number of methoxy groups -OCH3 is 2. The largest absolute Gasteiger partial charge is 0.493 e. The third-order valence-electron chi connectivity index (χ3n) is 5.83. The number of para-hydroxylation sites is 2. The van der Waals surface area contributed by atoms with Crippen LogP contribution in [0, 0.1) is 0 Å². The van der Waals surface area contributed by atoms with Crippen LogP contribution < -0.4 is 14.4 Å². The number of benzene rings is 2. The molecule has 0 amide bonds. The van der Waals surface area contributed by atoms with E-state index in [0.29, 0.717) is 28.8 Å². The topological polar surface area (TPSA) is 76.8 Å². The van der Waals surface area contributed by atoms with E-state index in [9.17, 15) is 0 Å². The van der Waals surface area contributed by atoms with E-state index in [1.807, 2.05) is 48.5 Å². The Bertz CT molecular complexity index is 1250. The Morgan fingerprint density at radius 2 is 1.69 bits per heavy atom. The Hall–Kier alpha value is -3.65. The molecular formula is C24H25N5O3. The van der Waals surface area contributed by atoms with Gasteiger partial charge in [-0.2, -0.15) is 4.98 Å². The van der Waals surface area contributed by atoms with Crippen molar-refractivity contribution in [2.24, 2.45) is 0 Å². The summed E-state index contributed by atoms with van der Waals surface area (Å²) in [5.41, 5.74) is 2.47. The number of pyridine rings is 1. The van der Waals surface area contributed by atoms with Crippen LogP contribution in [-0.4, -0.2) is 67.5 Å². The van der Waals surface area contributed by atoms with Crippen LogP contribution in [-0.2, 0) is 0 Å². The Morgan fingerprint density at radius 3 is 2.47 bits per heavy atom. The highest BCUT2D eigenvalue weighted by Crippen LogP contribution is 2.38. The molecule has 0 saturated carbocycles. The van der Waals surface area contributed by atoms with Crippen molar-refractivity contribution in [1.29, 1.82) is 0 Å². The van der Waals surface area contributed by atoms with Crippen molar-refractivity contribution in [3.8, 4) is 34.3 Å². The first-order chi connectivity index (χ1) is 15.7. The summed E-state index contributed by atoms with van der Waals surface area (Å²) in [6.45, 7) is 3.86. The lowest BCUT2D eigenvalue weighted by atomic mass is 10.1. The molecule has 0 aliphatic carbocycles. The SMILES string of the molecule is COc1cccc(-c2noc(-c3cc(N4CCN(C)CC4)nc4ccccc34)n2)c1OC. The van der Waals surface area contributed by atoms with Gasteiger partial charge >= 0.3 is 0 Å². The highest BCUT2D eigenvalue weighted by atomic mass is 16.5. The lowest BCUT2D eigenvalue weighted by Crippen LogP contribution is -2.44. The normalized spacial score (nSPS) is 14.7. The number of hydrogen-bond acceptors (Lipinski definition) is 8. The van der Waals surface area contributed by atoms with Crippen molar-refractivity contribution in [3.63, 3.8) is 0 Å². The smallest absolute Gasteiger partial charge is 0.259 e. The Kier molecular flexibility index (Phi) is 5.36. The number of fused-ring (bicyclic) bond motifs is 1. The molecule has 1 fully saturated rings. The average molecular weight is 431 g/mol. The number of piperazine rings is 1. The molecule has 0 unspecified atom stereocenters. The summed E-state index contributed by atoms with van der Waals surface area (Å²) >= 11 is 0. The molecule has 32 heavy (non-hydrogen) atoms. The quantitative estimate of drug-likeness (QED) is 0.473. The minimum Gasteiger partial charge on any atom is -0.493 e. The van der Waals surface area contributed by atoms with E-state index in [1.165, 1.54) is 0 Å². The number of likely N-dealkylation sites (N-methyl/N-ethyl adjacent to an activating group) is 1. The summed E-state index contributed by atoms with van der Waals surface area (Å²) in [5, 5.41) is 5.21. The molecule has 0 N–H and O–H groups in total. The van der Waals surface area contributed by atoms with Crippen LogP contribution in [0.25, 0.3) is 33.7 Å². The molecule has 5 rings (SSSR count). The van der Waals surface area contributed by atoms with Gasteiger partial charge in [0.1, 0.15) is 5.82 Å². The molecule has 8 nitrogen and oxygen atoms in total. The van der Waals surface area contributed by atoms with Gasteiger partial charge in [0.15, 0.2) is 11.5 Å². The molecular weight excluding hydrogens is 406 g/mol. The summed E-state index contributed by atoms with van der Waals surface area (Å²) in [7, 11) is 5.34. The van der Waals surface area contributed by atoms with Crippen LogP contribution in [0.3, 0.4) is 0 Å². The third kappa shape index (κ3) is 3.62. The van der Waals surface area contributed by atoms with Crippen LogP contribution in [0.4, 0.5) is 5.82 Å². The van der Waals surface area contributed by atoms with Crippen LogP contribution in [0.15, 0.2) is 53.1 Å². The molecule has 164 valence electrons. The van der Waals surface area contributed by atoms with Gasteiger partial charge in [0.25, 0.3) is 5.89 Å². The number of aromatic nitrogens is 3. The molecule has 2 aromatic heterocycles. The molecule has 0 bridgehead atoms. The first-order valence-corrected chi connectivity index (χ1v) is 10.6. The van der Waals surface area contributed by atoms with Gasteiger partial charge in [-0.1, -0.05) is 29.4 Å². The van der Waals surface area contributed by atoms with E-state index in [4.69, 9.17) is 24.0 Å². The maximum Gasteiger partial charge on any atom is 0.259 e. The fourth-order valence-corrected chi connectivity index (χ4v) is 4.04. The summed E-state index contributed by atoms with van der Waals surface area (Å²) in [5.74, 6) is 2.99. The predicted octanol–water partition coefficient (Wildman–Crippen LogP) is 3.72. The fraction of sp³-hybridized carbons (Fsp3) is 0.292. The van der Waals surface area contributed by atoms with Crippen molar-refractivity contribution in [1.82, 2.24) is 20.0 Å². The Balaban J connectivity index is 1.59. The first kappa shape index (κ1) is 20.3. The van der Waals surface area contributed by atoms with Gasteiger partial charge in [-0.3, -0.25) is 0 Å². The zero-order valence-electron chi connectivity index (χ0n) is 18.4. The van der Waals surface area contributed by atoms with Crippen LogP contribution >= 0.6 is 0 Å². The van der Waals surface area contributed by atoms with Crippen LogP contribution in [0.2, 0.25) is 0 Å². The Morgan fingerprint density at radius 1 is 0.875 bits per heavy atom. The van der Waals surface area contributed by atoms with E-state index in [2.05, 4.69) is 22.0 Å². The monoisotopic (exact) mass is 431 g/mol. The second-order valence-electron chi connectivity index (χ2n) is 7.80. The van der Waals surface area contributed by atoms with E-state index in [-0.39, 0.29) is 0 Å². The molecule has 0 radical (unpaired) electrons. The van der Waals surface area contributed by atoms with Gasteiger partial charge in [-0.15, -0.1) is 0 Å². The summed E-state index contributed by atoms with van der Waals surface area (Å²) in [6.07, 6.45) is 0. The minimum atomic E-state index is 0.442. The summed E-state index contributed by atoms with van der Waals surface area (Å²) in [6, 6.07) is 15.7. The highest BCUT2D eigenvalue weighted by Gasteiger charge is 2.22. The summed E-state index contributed by atoms with van der Waals surface area (Å²) in [4.78, 5) is 14.2. The van der Waals surface area contributed by atoms with E-state index in [0.717, 1.165) is 48.5 Å². The van der Waals surface area contributed by atoms with Gasteiger partial charge in [0.05, 0.1) is 30.9 Å². The van der Waals surface area contributed by atoms with E-state index in [1.54, 1.807) is 14.2 Å². The van der Waals surface area contributed by atoms with Gasteiger partial charge in [-0.25, -0.2) is 4.98 Å². The van der Waals surface area contributed by atoms with Crippen LogP contribution in [0.5, 0.6) is 11.5 Å². The standard InChI is InChI=1S/C24H25N5O3/c1-28-11-13-29(14-12-28)21-15-18(16-7-4-5-9-19(16)25-21)24-26-23(27-32-24)17-8-6-10-20(30-2)22(17)31-3/h4-10,15H,11-14H2,1-3H3. The van der Waals surface area contributed by atoms with Gasteiger partial charge in [0, 0.05) is 31.6 Å². The zero-order valence-corrected chi connectivity index (χ0v) is 18.4. The maximum atomic E-state index is 5.73. The van der Waals surface area contributed by atoms with Crippen molar-refractivity contribution < 1.29 is 14.0 Å². The van der Waals surface area contributed by atoms with E-state index < -0.39 is 0 Å². The molecule has 8 heteroatoms. The summed E-state index contributed by atoms with van der Waals surface area (Å²) < 4.78 is 16.7. The zero-order chi connectivity index (χ0) is 22.1. The van der Waals surface area contributed by atoms with Crippen molar-refractivity contribution in [2.75, 3.05) is 52.3 Å². The number of ether oxygens (including phenoxy) is 2. The highest BCUT2D eigenvalue weighted by molar-refractivity contribution is 5.94. The molecule has 0 atom stereocenters. The number of anilines is 1. The molecule has 1 saturated heterocycles. The third-order valence-corrected chi connectivity index (χ3v) is 5.83. The maximum absolute atomic E-state index is 5.73. The molecule has 4 aromatic rings. The van der Waals surface area contributed by atoms with E-state index >= 15 is 0 Å². The Labute approximate surface area is 186 Å². The van der Waals surface area contributed by atoms with Crippen LogP contribution in [0.1, 0.15) is 0 Å². The van der Waals surface area contributed by atoms with Gasteiger partial charge < -0.3 is 23.8 Å². The average Bonchev–Trinajstić information content (AvgIpc) is 3.33. The number of nitrogens with zero attached hydrogens (tertiary/aromatic N) is 5. The van der Waals surface area contributed by atoms with Crippen molar-refractivity contribution in [3.05, 3.63) is 48.5 Å². The second-order valence-corrected chi connectivity index (χ2v) is 7.80. The second kappa shape index (κ2) is 8.47. The van der Waals surface area contributed by atoms with Gasteiger partial charge in [-0.05, 0) is 31.3 Å². The lowest BCUT2D eigenvalue weighted by Gasteiger charge is -2.33. The lowest BCUT2D eigenvalue weighted by molar-refractivity contribution is 0.312. The fourth-order valence-electron chi connectivity index (χ4n) is 4.04. The van der Waals surface area contributed by atoms with Crippen molar-refractivity contribution in [2.45, 2.75) is 0 Å². The number of hydrogen-bond donors (Lipinski definition) is 0. The molecule has 0 spiro atoms. The predicted molar refractivity (Wildman–Crippen MR) is 123 cm³/mol. The molecule has 3 heterocycles. The van der Waals surface area contributed by atoms with Crippen molar-refractivity contribution >= 4 is 16.7 Å². The minimum absolute atomic E-state index is 0.442. The number of rotatable bonds is 5. The molecule has 1 aliphatic heterocycles. The van der Waals surface area contributed by atoms with Gasteiger partial charge in [0.2, 0.25) is 5.82 Å². The molecule has 1 aliphatic rings. The first-order valence-electron chi connectivity index (χ1n) is 10.6. The molecule has 2 aromatic carbocycles.